The van der Waals surface area contributed by atoms with E-state index in [4.69, 9.17) is 4.74 Å². The molecule has 0 saturated carbocycles. The zero-order valence-corrected chi connectivity index (χ0v) is 12.9. The summed E-state index contributed by atoms with van der Waals surface area (Å²) >= 11 is 0. The van der Waals surface area contributed by atoms with Gasteiger partial charge in [-0.2, -0.15) is 13.2 Å². The van der Waals surface area contributed by atoms with Crippen LogP contribution >= 0.6 is 0 Å². The lowest BCUT2D eigenvalue weighted by Crippen LogP contribution is -2.48. The Bertz CT molecular complexity index is 341. The molecule has 0 bridgehead atoms. The second-order valence-electron chi connectivity index (χ2n) is 5.86. The van der Waals surface area contributed by atoms with Crippen LogP contribution in [0.25, 0.3) is 0 Å². The van der Waals surface area contributed by atoms with E-state index in [1.807, 2.05) is 13.8 Å². The van der Waals surface area contributed by atoms with Crippen molar-refractivity contribution in [2.24, 2.45) is 11.8 Å². The molecule has 1 atom stereocenters. The number of halogens is 3. The lowest BCUT2D eigenvalue weighted by molar-refractivity contribution is -0.176. The molecule has 0 fully saturated rings. The Labute approximate surface area is 123 Å². The van der Waals surface area contributed by atoms with Crippen LogP contribution in [0.5, 0.6) is 0 Å². The zero-order chi connectivity index (χ0) is 16.6. The molecule has 124 valence electrons. The summed E-state index contributed by atoms with van der Waals surface area (Å²) in [6, 6.07) is -1.27. The Morgan fingerprint density at radius 2 is 1.67 bits per heavy atom. The van der Waals surface area contributed by atoms with E-state index in [-0.39, 0.29) is 18.9 Å². The van der Waals surface area contributed by atoms with Crippen molar-refractivity contribution in [2.45, 2.75) is 59.2 Å². The quantitative estimate of drug-likeness (QED) is 0.554. The lowest BCUT2D eigenvalue weighted by atomic mass is 10.0. The van der Waals surface area contributed by atoms with Crippen molar-refractivity contribution in [3.8, 4) is 0 Å². The van der Waals surface area contributed by atoms with E-state index >= 15 is 0 Å². The highest BCUT2D eigenvalue weighted by Gasteiger charge is 2.41. The largest absolute Gasteiger partial charge is 0.471 e. The number of ether oxygens (including phenoxy) is 1. The fourth-order valence-electron chi connectivity index (χ4n) is 1.69. The molecule has 0 aliphatic rings. The van der Waals surface area contributed by atoms with Crippen molar-refractivity contribution >= 4 is 11.9 Å². The summed E-state index contributed by atoms with van der Waals surface area (Å²) in [6.07, 6.45) is -3.40. The maximum Gasteiger partial charge on any atom is 0.471 e. The Morgan fingerprint density at radius 1 is 1.10 bits per heavy atom. The second kappa shape index (κ2) is 8.89. The molecule has 0 aliphatic heterocycles. The van der Waals surface area contributed by atoms with Crippen molar-refractivity contribution in [3.05, 3.63) is 0 Å². The summed E-state index contributed by atoms with van der Waals surface area (Å²) in [5, 5.41) is 1.70. The number of rotatable bonds is 8. The zero-order valence-electron chi connectivity index (χ0n) is 12.9. The van der Waals surface area contributed by atoms with Crippen LogP contribution < -0.4 is 5.32 Å². The molecule has 0 radical (unpaired) electrons. The smallest absolute Gasteiger partial charge is 0.464 e. The Balaban J connectivity index is 4.46. The number of carbonyl (C=O) groups excluding carboxylic acids is 2. The van der Waals surface area contributed by atoms with Gasteiger partial charge in [0.2, 0.25) is 0 Å². The lowest BCUT2D eigenvalue weighted by Gasteiger charge is -2.20. The van der Waals surface area contributed by atoms with Gasteiger partial charge in [-0.15, -0.1) is 0 Å². The Kier molecular flexibility index (Phi) is 8.36. The van der Waals surface area contributed by atoms with Gasteiger partial charge in [0, 0.05) is 0 Å². The molecule has 7 heteroatoms. The highest BCUT2D eigenvalue weighted by atomic mass is 19.4. The van der Waals surface area contributed by atoms with Crippen molar-refractivity contribution in [3.63, 3.8) is 0 Å². The van der Waals surface area contributed by atoms with Gasteiger partial charge in [0.1, 0.15) is 6.04 Å². The highest BCUT2D eigenvalue weighted by Crippen LogP contribution is 2.16. The van der Waals surface area contributed by atoms with Gasteiger partial charge in [0.25, 0.3) is 0 Å². The molecule has 0 aliphatic carbocycles. The monoisotopic (exact) mass is 311 g/mol. The normalized spacial score (nSPS) is 13.4. The van der Waals surface area contributed by atoms with E-state index < -0.39 is 24.1 Å². The Morgan fingerprint density at radius 3 is 2.10 bits per heavy atom. The molecule has 0 saturated heterocycles. The van der Waals surface area contributed by atoms with Gasteiger partial charge >= 0.3 is 18.1 Å². The minimum atomic E-state index is -5.01. The van der Waals surface area contributed by atoms with Gasteiger partial charge in [-0.05, 0) is 31.1 Å². The number of nitrogens with one attached hydrogen (secondary N) is 1. The molecular weight excluding hydrogens is 287 g/mol. The maximum atomic E-state index is 12.2. The van der Waals surface area contributed by atoms with Crippen LogP contribution in [-0.4, -0.2) is 30.7 Å². The first-order valence-electron chi connectivity index (χ1n) is 7.08. The van der Waals surface area contributed by atoms with Crippen LogP contribution in [0.2, 0.25) is 0 Å². The Hall–Kier alpha value is -1.27. The van der Waals surface area contributed by atoms with E-state index in [1.165, 1.54) is 0 Å². The predicted molar refractivity (Wildman–Crippen MR) is 72.5 cm³/mol. The molecular formula is C14H24F3NO3. The van der Waals surface area contributed by atoms with E-state index in [0.717, 1.165) is 6.42 Å². The highest BCUT2D eigenvalue weighted by molar-refractivity contribution is 5.87. The van der Waals surface area contributed by atoms with Crippen molar-refractivity contribution in [1.82, 2.24) is 5.32 Å². The summed E-state index contributed by atoms with van der Waals surface area (Å²) < 4.78 is 41.7. The standard InChI is InChI=1S/C14H24F3NO3/c1-9(2)6-5-7-21-12(19)11(8-10(3)4)18-13(20)14(15,16)17/h9-11H,5-8H2,1-4H3,(H,18,20). The SMILES string of the molecule is CC(C)CCCOC(=O)C(CC(C)C)NC(=O)C(F)(F)F. The minimum absolute atomic E-state index is 0.0493. The van der Waals surface area contributed by atoms with Crippen molar-refractivity contribution in [2.75, 3.05) is 6.61 Å². The number of amides is 1. The van der Waals surface area contributed by atoms with Gasteiger partial charge in [0.05, 0.1) is 6.61 Å². The molecule has 0 aromatic carbocycles. The van der Waals surface area contributed by atoms with E-state index in [0.29, 0.717) is 12.3 Å². The van der Waals surface area contributed by atoms with Gasteiger partial charge in [-0.1, -0.05) is 27.7 Å². The van der Waals surface area contributed by atoms with Crippen LogP contribution in [0, 0.1) is 11.8 Å². The van der Waals surface area contributed by atoms with Gasteiger partial charge < -0.3 is 10.1 Å². The van der Waals surface area contributed by atoms with E-state index in [2.05, 4.69) is 0 Å². The van der Waals surface area contributed by atoms with Crippen molar-refractivity contribution < 1.29 is 27.5 Å². The maximum absolute atomic E-state index is 12.2. The first-order valence-corrected chi connectivity index (χ1v) is 7.08. The van der Waals surface area contributed by atoms with Crippen LogP contribution in [-0.2, 0) is 14.3 Å². The van der Waals surface area contributed by atoms with E-state index in [9.17, 15) is 22.8 Å². The number of hydrogen-bond acceptors (Lipinski definition) is 3. The molecule has 0 rings (SSSR count). The van der Waals surface area contributed by atoms with E-state index in [1.54, 1.807) is 19.2 Å². The first kappa shape index (κ1) is 19.7. The fourth-order valence-corrected chi connectivity index (χ4v) is 1.69. The van der Waals surface area contributed by atoms with Crippen LogP contribution in [0.3, 0.4) is 0 Å². The number of esters is 1. The number of hydrogen-bond donors (Lipinski definition) is 1. The van der Waals surface area contributed by atoms with Crippen LogP contribution in [0.4, 0.5) is 13.2 Å². The van der Waals surface area contributed by atoms with Gasteiger partial charge in [-0.3, -0.25) is 4.79 Å². The average molecular weight is 311 g/mol. The molecule has 0 heterocycles. The van der Waals surface area contributed by atoms with Gasteiger partial charge in [0.15, 0.2) is 0 Å². The van der Waals surface area contributed by atoms with Crippen LogP contribution in [0.15, 0.2) is 0 Å². The summed E-state index contributed by atoms with van der Waals surface area (Å²) in [4.78, 5) is 22.7. The third kappa shape index (κ3) is 9.31. The third-order valence-electron chi connectivity index (χ3n) is 2.72. The number of carbonyl (C=O) groups is 2. The topological polar surface area (TPSA) is 55.4 Å². The second-order valence-corrected chi connectivity index (χ2v) is 5.86. The molecule has 0 aromatic heterocycles. The number of alkyl halides is 3. The summed E-state index contributed by atoms with van der Waals surface area (Å²) in [5.41, 5.74) is 0. The molecule has 4 nitrogen and oxygen atoms in total. The fraction of sp³-hybridized carbons (Fsp3) is 0.857. The summed E-state index contributed by atoms with van der Waals surface area (Å²) in [7, 11) is 0. The summed E-state index contributed by atoms with van der Waals surface area (Å²) in [6.45, 7) is 7.69. The predicted octanol–water partition coefficient (Wildman–Crippen LogP) is 3.06. The molecule has 0 aromatic rings. The molecule has 1 unspecified atom stereocenters. The minimum Gasteiger partial charge on any atom is -0.464 e. The third-order valence-corrected chi connectivity index (χ3v) is 2.72. The summed E-state index contributed by atoms with van der Waals surface area (Å²) in [5.74, 6) is -2.52. The van der Waals surface area contributed by atoms with Gasteiger partial charge in [-0.25, -0.2) is 4.79 Å². The molecule has 1 amide bonds. The molecule has 21 heavy (non-hydrogen) atoms. The molecule has 1 N–H and O–H groups in total. The molecule has 0 spiro atoms. The van der Waals surface area contributed by atoms with Crippen LogP contribution in [0.1, 0.15) is 47.0 Å². The van der Waals surface area contributed by atoms with Crippen molar-refractivity contribution in [1.29, 1.82) is 0 Å². The first-order chi connectivity index (χ1) is 9.54. The average Bonchev–Trinajstić information content (AvgIpc) is 2.31.